The Labute approximate surface area is 198 Å². The van der Waals surface area contributed by atoms with E-state index in [4.69, 9.17) is 4.74 Å². The second-order valence-electron chi connectivity index (χ2n) is 8.46. The minimum Gasteiger partial charge on any atom is -0.379 e. The van der Waals surface area contributed by atoms with Gasteiger partial charge < -0.3 is 15.0 Å². The number of anilines is 2. The summed E-state index contributed by atoms with van der Waals surface area (Å²) in [7, 11) is -3.73. The molecular weight excluding hydrogens is 460 g/mol. The van der Waals surface area contributed by atoms with Crippen LogP contribution in [0, 0.1) is 17.0 Å². The third-order valence-electron chi connectivity index (χ3n) is 6.20. The van der Waals surface area contributed by atoms with Gasteiger partial charge in [-0.15, -0.1) is 0 Å². The van der Waals surface area contributed by atoms with Crippen LogP contribution in [0.4, 0.5) is 17.1 Å². The maximum absolute atomic E-state index is 13.0. The maximum atomic E-state index is 13.0. The van der Waals surface area contributed by atoms with Gasteiger partial charge >= 0.3 is 0 Å². The molecule has 0 saturated carbocycles. The summed E-state index contributed by atoms with van der Waals surface area (Å²) in [6, 6.07) is 9.02. The number of hydrogen-bond donors (Lipinski definition) is 1. The molecule has 0 spiro atoms. The van der Waals surface area contributed by atoms with Gasteiger partial charge in [-0.3, -0.25) is 14.9 Å². The molecule has 0 atom stereocenters. The molecule has 34 heavy (non-hydrogen) atoms. The molecule has 10 nitrogen and oxygen atoms in total. The van der Waals surface area contributed by atoms with Crippen LogP contribution < -0.4 is 10.2 Å². The SMILES string of the molecule is Cc1ccc(S(=O)(=O)N2CCOCC2)cc1NC(=O)c1ccc(N2CCCCC2)c([N+](=O)[O-])c1. The molecule has 0 radical (unpaired) electrons. The number of piperidine rings is 1. The van der Waals surface area contributed by atoms with Gasteiger partial charge in [0.15, 0.2) is 0 Å². The Morgan fingerprint density at radius 1 is 1.03 bits per heavy atom. The second kappa shape index (κ2) is 10.1. The molecule has 1 amide bonds. The molecule has 2 saturated heterocycles. The number of carbonyl (C=O) groups is 1. The molecule has 2 aromatic carbocycles. The molecule has 2 aliphatic heterocycles. The van der Waals surface area contributed by atoms with Gasteiger partial charge in [0.05, 0.1) is 23.0 Å². The summed E-state index contributed by atoms with van der Waals surface area (Å²) in [5.41, 5.74) is 1.54. The number of nitrogens with one attached hydrogen (secondary N) is 1. The second-order valence-corrected chi connectivity index (χ2v) is 10.4. The molecule has 4 rings (SSSR count). The van der Waals surface area contributed by atoms with E-state index < -0.39 is 20.9 Å². The van der Waals surface area contributed by atoms with Crippen molar-refractivity contribution in [3.63, 3.8) is 0 Å². The molecule has 2 heterocycles. The van der Waals surface area contributed by atoms with Crippen molar-refractivity contribution in [2.24, 2.45) is 0 Å². The normalized spacial score (nSPS) is 17.4. The summed E-state index contributed by atoms with van der Waals surface area (Å²) in [5, 5.41) is 14.4. The fraction of sp³-hybridized carbons (Fsp3) is 0.435. The minimum atomic E-state index is -3.73. The summed E-state index contributed by atoms with van der Waals surface area (Å²) in [6.45, 7) is 4.45. The van der Waals surface area contributed by atoms with E-state index in [0.717, 1.165) is 32.4 Å². The van der Waals surface area contributed by atoms with E-state index in [-0.39, 0.29) is 29.2 Å². The lowest BCUT2D eigenvalue weighted by molar-refractivity contribution is -0.384. The lowest BCUT2D eigenvalue weighted by Crippen LogP contribution is -2.40. The van der Waals surface area contributed by atoms with Crippen molar-refractivity contribution in [1.82, 2.24) is 4.31 Å². The zero-order valence-corrected chi connectivity index (χ0v) is 19.8. The number of nitrogens with zero attached hydrogens (tertiary/aromatic N) is 3. The van der Waals surface area contributed by atoms with E-state index in [1.54, 1.807) is 25.1 Å². The van der Waals surface area contributed by atoms with Gasteiger partial charge in [0.25, 0.3) is 11.6 Å². The third kappa shape index (κ3) is 5.06. The highest BCUT2D eigenvalue weighted by molar-refractivity contribution is 7.89. The zero-order chi connectivity index (χ0) is 24.3. The van der Waals surface area contributed by atoms with Crippen LogP contribution in [0.15, 0.2) is 41.3 Å². The van der Waals surface area contributed by atoms with Crippen LogP contribution in [-0.2, 0) is 14.8 Å². The average Bonchev–Trinajstić information content (AvgIpc) is 2.86. The summed E-state index contributed by atoms with van der Waals surface area (Å²) in [4.78, 5) is 26.3. The predicted octanol–water partition coefficient (Wildman–Crippen LogP) is 3.17. The average molecular weight is 489 g/mol. The smallest absolute Gasteiger partial charge is 0.293 e. The van der Waals surface area contributed by atoms with E-state index in [9.17, 15) is 23.3 Å². The Hall–Kier alpha value is -3.02. The molecule has 11 heteroatoms. The predicted molar refractivity (Wildman–Crippen MR) is 128 cm³/mol. The van der Waals surface area contributed by atoms with Gasteiger partial charge in [0.2, 0.25) is 10.0 Å². The molecule has 2 aromatic rings. The number of benzene rings is 2. The van der Waals surface area contributed by atoms with E-state index >= 15 is 0 Å². The number of carbonyl (C=O) groups excluding carboxylic acids is 1. The molecule has 182 valence electrons. The summed E-state index contributed by atoms with van der Waals surface area (Å²) in [6.07, 6.45) is 3.05. The highest BCUT2D eigenvalue weighted by Gasteiger charge is 2.27. The van der Waals surface area contributed by atoms with Gasteiger partial charge in [-0.1, -0.05) is 6.07 Å². The van der Waals surface area contributed by atoms with Gasteiger partial charge in [-0.2, -0.15) is 4.31 Å². The largest absolute Gasteiger partial charge is 0.379 e. The maximum Gasteiger partial charge on any atom is 0.293 e. The molecule has 2 fully saturated rings. The fourth-order valence-corrected chi connectivity index (χ4v) is 5.67. The summed E-state index contributed by atoms with van der Waals surface area (Å²) < 4.78 is 32.6. The van der Waals surface area contributed by atoms with Crippen molar-refractivity contribution in [2.75, 3.05) is 49.6 Å². The number of amides is 1. The number of aryl methyl sites for hydroxylation is 1. The molecule has 0 aliphatic carbocycles. The molecule has 0 bridgehead atoms. The van der Waals surface area contributed by atoms with E-state index in [1.807, 2.05) is 4.90 Å². The Balaban J connectivity index is 1.58. The highest BCUT2D eigenvalue weighted by atomic mass is 32.2. The quantitative estimate of drug-likeness (QED) is 0.489. The number of nitro groups is 1. The van der Waals surface area contributed by atoms with Crippen molar-refractivity contribution in [3.05, 3.63) is 57.6 Å². The molecule has 0 aromatic heterocycles. The van der Waals surface area contributed by atoms with Crippen LogP contribution in [0.1, 0.15) is 35.2 Å². The van der Waals surface area contributed by atoms with Gasteiger partial charge in [-0.05, 0) is 56.0 Å². The van der Waals surface area contributed by atoms with Crippen LogP contribution in [-0.4, -0.2) is 62.9 Å². The number of morpholine rings is 1. The van der Waals surface area contributed by atoms with E-state index in [0.29, 0.717) is 30.2 Å². The molecule has 1 N–H and O–H groups in total. The standard InChI is InChI=1S/C23H28N4O6S/c1-17-5-7-19(34(31,32)26-11-13-33-14-12-26)16-20(17)24-23(28)18-6-8-21(22(15-18)27(29)30)25-9-3-2-4-10-25/h5-8,15-16H,2-4,9-14H2,1H3,(H,24,28). The Morgan fingerprint density at radius 3 is 2.41 bits per heavy atom. The van der Waals surface area contributed by atoms with Gasteiger partial charge in [-0.25, -0.2) is 8.42 Å². The van der Waals surface area contributed by atoms with Crippen LogP contribution in [0.2, 0.25) is 0 Å². The number of ether oxygens (including phenoxy) is 1. The first kappa shape index (κ1) is 24.1. The van der Waals surface area contributed by atoms with Gasteiger partial charge in [0.1, 0.15) is 5.69 Å². The topological polar surface area (TPSA) is 122 Å². The molecular formula is C23H28N4O6S. The number of rotatable bonds is 6. The summed E-state index contributed by atoms with van der Waals surface area (Å²) in [5.74, 6) is -0.544. The van der Waals surface area contributed by atoms with Crippen molar-refractivity contribution in [3.8, 4) is 0 Å². The molecule has 2 aliphatic rings. The minimum absolute atomic E-state index is 0.0710. The van der Waals surface area contributed by atoms with E-state index in [1.165, 1.54) is 22.5 Å². The first-order valence-corrected chi connectivity index (χ1v) is 12.7. The van der Waals surface area contributed by atoms with Crippen LogP contribution in [0.3, 0.4) is 0 Å². The summed E-state index contributed by atoms with van der Waals surface area (Å²) >= 11 is 0. The van der Waals surface area contributed by atoms with Crippen LogP contribution >= 0.6 is 0 Å². The van der Waals surface area contributed by atoms with Crippen molar-refractivity contribution < 1.29 is 22.9 Å². The first-order valence-electron chi connectivity index (χ1n) is 11.3. The molecule has 0 unspecified atom stereocenters. The van der Waals surface area contributed by atoms with Crippen molar-refractivity contribution in [2.45, 2.75) is 31.1 Å². The Kier molecular flexibility index (Phi) is 7.15. The lowest BCUT2D eigenvalue weighted by Gasteiger charge is -2.28. The highest BCUT2D eigenvalue weighted by Crippen LogP contribution is 2.32. The van der Waals surface area contributed by atoms with E-state index in [2.05, 4.69) is 5.32 Å². The van der Waals surface area contributed by atoms with Crippen LogP contribution in [0.25, 0.3) is 0 Å². The Bertz CT molecular complexity index is 1190. The lowest BCUT2D eigenvalue weighted by atomic mass is 10.1. The van der Waals surface area contributed by atoms with Crippen LogP contribution in [0.5, 0.6) is 0 Å². The monoisotopic (exact) mass is 488 g/mol. The third-order valence-corrected chi connectivity index (χ3v) is 8.09. The number of nitro benzene ring substituents is 1. The first-order chi connectivity index (χ1) is 16.3. The van der Waals surface area contributed by atoms with Crippen molar-refractivity contribution >= 4 is 33.0 Å². The Morgan fingerprint density at radius 2 is 1.74 bits per heavy atom. The van der Waals surface area contributed by atoms with Crippen molar-refractivity contribution in [1.29, 1.82) is 0 Å². The zero-order valence-electron chi connectivity index (χ0n) is 19.0. The number of hydrogen-bond acceptors (Lipinski definition) is 7. The fourth-order valence-electron chi connectivity index (χ4n) is 4.24. The van der Waals surface area contributed by atoms with Gasteiger partial charge in [0, 0.05) is 43.5 Å². The number of sulfonamides is 1.